The third-order valence-corrected chi connectivity index (χ3v) is 2.92. The summed E-state index contributed by atoms with van der Waals surface area (Å²) < 4.78 is 5.58. The third-order valence-electron chi connectivity index (χ3n) is 2.37. The van der Waals surface area contributed by atoms with Crippen molar-refractivity contribution >= 4 is 23.2 Å². The summed E-state index contributed by atoms with van der Waals surface area (Å²) >= 11 is 11.8. The van der Waals surface area contributed by atoms with Crippen molar-refractivity contribution in [2.24, 2.45) is 0 Å². The number of halogens is 2. The Labute approximate surface area is 115 Å². The first-order chi connectivity index (χ1) is 8.69. The minimum absolute atomic E-state index is 0.381. The topological polar surface area (TPSA) is 33.0 Å². The lowest BCUT2D eigenvalue weighted by Gasteiger charge is -2.08. The number of hydrogen-bond acceptors (Lipinski definition) is 2. The van der Waals surface area contributed by atoms with Gasteiger partial charge >= 0.3 is 0 Å². The van der Waals surface area contributed by atoms with E-state index in [0.717, 1.165) is 5.56 Å². The predicted octanol–water partition coefficient (Wildman–Crippen LogP) is 4.44. The van der Waals surface area contributed by atoms with Gasteiger partial charge in [-0.25, -0.2) is 0 Å². The van der Waals surface area contributed by atoms with Gasteiger partial charge in [0.05, 0.1) is 16.7 Å². The van der Waals surface area contributed by atoms with E-state index in [0.29, 0.717) is 28.0 Å². The summed E-state index contributed by atoms with van der Waals surface area (Å²) in [4.78, 5) is 0. The van der Waals surface area contributed by atoms with Gasteiger partial charge in [-0.2, -0.15) is 5.26 Å². The van der Waals surface area contributed by atoms with Crippen LogP contribution in [-0.4, -0.2) is 0 Å². The van der Waals surface area contributed by atoms with Crippen LogP contribution in [0.15, 0.2) is 42.5 Å². The third kappa shape index (κ3) is 3.16. The van der Waals surface area contributed by atoms with Crippen molar-refractivity contribution in [3.63, 3.8) is 0 Å². The minimum Gasteiger partial charge on any atom is -0.487 e. The average molecular weight is 278 g/mol. The van der Waals surface area contributed by atoms with Crippen molar-refractivity contribution in [2.75, 3.05) is 0 Å². The Morgan fingerprint density at radius 1 is 1.06 bits per heavy atom. The first-order valence-corrected chi connectivity index (χ1v) is 6.01. The fraction of sp³-hybridized carbons (Fsp3) is 0.0714. The zero-order valence-electron chi connectivity index (χ0n) is 9.36. The number of rotatable bonds is 3. The van der Waals surface area contributed by atoms with Gasteiger partial charge in [0.15, 0.2) is 0 Å². The quantitative estimate of drug-likeness (QED) is 0.831. The van der Waals surface area contributed by atoms with Crippen molar-refractivity contribution in [1.82, 2.24) is 0 Å². The molecule has 0 atom stereocenters. The zero-order chi connectivity index (χ0) is 13.0. The maximum atomic E-state index is 8.69. The van der Waals surface area contributed by atoms with Crippen LogP contribution in [0.5, 0.6) is 5.75 Å². The summed E-state index contributed by atoms with van der Waals surface area (Å²) in [6.45, 7) is 0.381. The summed E-state index contributed by atoms with van der Waals surface area (Å²) in [5.74, 6) is 0.550. The lowest BCUT2D eigenvalue weighted by atomic mass is 10.2. The Morgan fingerprint density at radius 3 is 2.44 bits per heavy atom. The number of nitriles is 1. The second kappa shape index (κ2) is 5.77. The summed E-state index contributed by atoms with van der Waals surface area (Å²) in [7, 11) is 0. The highest BCUT2D eigenvalue weighted by Crippen LogP contribution is 2.28. The van der Waals surface area contributed by atoms with Gasteiger partial charge in [0, 0.05) is 11.1 Å². The molecule has 0 saturated carbocycles. The molecule has 4 heteroatoms. The van der Waals surface area contributed by atoms with Gasteiger partial charge in [-0.3, -0.25) is 0 Å². The van der Waals surface area contributed by atoms with Crippen molar-refractivity contribution in [2.45, 2.75) is 6.61 Å². The summed E-state index contributed by atoms with van der Waals surface area (Å²) in [6, 6.07) is 14.3. The number of hydrogen-bond donors (Lipinski definition) is 0. The van der Waals surface area contributed by atoms with Crippen LogP contribution in [0.25, 0.3) is 0 Å². The van der Waals surface area contributed by atoms with Crippen molar-refractivity contribution in [3.05, 3.63) is 63.6 Å². The Balaban J connectivity index is 2.07. The highest BCUT2D eigenvalue weighted by Gasteiger charge is 2.03. The second-order valence-corrected chi connectivity index (χ2v) is 4.52. The Hall–Kier alpha value is -1.69. The highest BCUT2D eigenvalue weighted by atomic mass is 35.5. The number of benzene rings is 2. The van der Waals surface area contributed by atoms with Crippen LogP contribution in [0.2, 0.25) is 10.0 Å². The van der Waals surface area contributed by atoms with Crippen LogP contribution in [0.3, 0.4) is 0 Å². The maximum absolute atomic E-state index is 8.69. The molecule has 0 N–H and O–H groups in total. The summed E-state index contributed by atoms with van der Waals surface area (Å²) in [6.07, 6.45) is 0. The Kier molecular flexibility index (Phi) is 4.09. The fourth-order valence-corrected chi connectivity index (χ4v) is 1.76. The van der Waals surface area contributed by atoms with Crippen LogP contribution in [0.4, 0.5) is 0 Å². The molecule has 2 nitrogen and oxygen atoms in total. The van der Waals surface area contributed by atoms with E-state index >= 15 is 0 Å². The second-order valence-electron chi connectivity index (χ2n) is 3.67. The molecular weight excluding hydrogens is 269 g/mol. The molecule has 90 valence electrons. The molecule has 0 fully saturated rings. The molecule has 2 rings (SSSR count). The smallest absolute Gasteiger partial charge is 0.139 e. The van der Waals surface area contributed by atoms with Gasteiger partial charge in [0.1, 0.15) is 12.4 Å². The molecule has 0 aromatic heterocycles. The average Bonchev–Trinajstić information content (AvgIpc) is 2.40. The van der Waals surface area contributed by atoms with E-state index in [9.17, 15) is 0 Å². The fourth-order valence-electron chi connectivity index (χ4n) is 1.42. The monoisotopic (exact) mass is 277 g/mol. The van der Waals surface area contributed by atoms with E-state index in [-0.39, 0.29) is 0 Å². The SMILES string of the molecule is N#Cc1ccc(COc2cc(Cl)ccc2Cl)cc1. The van der Waals surface area contributed by atoms with E-state index in [1.807, 2.05) is 12.1 Å². The van der Waals surface area contributed by atoms with Gasteiger partial charge in [0.2, 0.25) is 0 Å². The van der Waals surface area contributed by atoms with Gasteiger partial charge < -0.3 is 4.74 Å². The molecule has 0 bridgehead atoms. The van der Waals surface area contributed by atoms with Gasteiger partial charge in [-0.1, -0.05) is 35.3 Å². The van der Waals surface area contributed by atoms with Crippen LogP contribution in [-0.2, 0) is 6.61 Å². The first kappa shape index (κ1) is 12.8. The standard InChI is InChI=1S/C14H9Cl2NO/c15-12-5-6-13(16)14(7-12)18-9-11-3-1-10(8-17)2-4-11/h1-7H,9H2. The van der Waals surface area contributed by atoms with Crippen molar-refractivity contribution in [3.8, 4) is 11.8 Å². The molecule has 0 radical (unpaired) electrons. The summed E-state index contributed by atoms with van der Waals surface area (Å²) in [5, 5.41) is 9.79. The molecule has 2 aromatic rings. The molecule has 0 spiro atoms. The molecule has 2 aromatic carbocycles. The Morgan fingerprint density at radius 2 is 1.78 bits per heavy atom. The Bertz CT molecular complexity index is 588. The van der Waals surface area contributed by atoms with E-state index in [1.54, 1.807) is 30.3 Å². The summed E-state index contributed by atoms with van der Waals surface area (Å²) in [5.41, 5.74) is 1.59. The van der Waals surface area contributed by atoms with Gasteiger partial charge in [0.25, 0.3) is 0 Å². The molecule has 0 unspecified atom stereocenters. The lowest BCUT2D eigenvalue weighted by Crippen LogP contribution is -1.96. The molecule has 18 heavy (non-hydrogen) atoms. The number of ether oxygens (including phenoxy) is 1. The molecule has 0 aliphatic rings. The molecule has 0 heterocycles. The number of nitrogens with zero attached hydrogens (tertiary/aromatic N) is 1. The molecule has 0 amide bonds. The lowest BCUT2D eigenvalue weighted by molar-refractivity contribution is 0.306. The molecule has 0 saturated heterocycles. The van der Waals surface area contributed by atoms with Crippen LogP contribution in [0.1, 0.15) is 11.1 Å². The van der Waals surface area contributed by atoms with E-state index in [4.69, 9.17) is 33.2 Å². The van der Waals surface area contributed by atoms with Crippen LogP contribution >= 0.6 is 23.2 Å². The van der Waals surface area contributed by atoms with Crippen LogP contribution < -0.4 is 4.74 Å². The van der Waals surface area contributed by atoms with Crippen molar-refractivity contribution in [1.29, 1.82) is 5.26 Å². The van der Waals surface area contributed by atoms with Gasteiger partial charge in [-0.15, -0.1) is 0 Å². The molecule has 0 aliphatic heterocycles. The normalized spacial score (nSPS) is 9.83. The van der Waals surface area contributed by atoms with E-state index in [2.05, 4.69) is 6.07 Å². The zero-order valence-corrected chi connectivity index (χ0v) is 10.9. The van der Waals surface area contributed by atoms with Gasteiger partial charge in [-0.05, 0) is 29.8 Å². The predicted molar refractivity (Wildman–Crippen MR) is 72.0 cm³/mol. The minimum atomic E-state index is 0.381. The highest BCUT2D eigenvalue weighted by molar-refractivity contribution is 6.34. The molecular formula is C14H9Cl2NO. The maximum Gasteiger partial charge on any atom is 0.139 e. The van der Waals surface area contributed by atoms with Crippen molar-refractivity contribution < 1.29 is 4.74 Å². The van der Waals surface area contributed by atoms with E-state index < -0.39 is 0 Å². The first-order valence-electron chi connectivity index (χ1n) is 5.26. The van der Waals surface area contributed by atoms with E-state index in [1.165, 1.54) is 0 Å². The molecule has 0 aliphatic carbocycles. The van der Waals surface area contributed by atoms with Crippen LogP contribution in [0, 0.1) is 11.3 Å². The largest absolute Gasteiger partial charge is 0.487 e.